The highest BCUT2D eigenvalue weighted by atomic mass is 35.5. The normalized spacial score (nSPS) is 34.0. The monoisotopic (exact) mass is 201 g/mol. The molecule has 0 saturated heterocycles. The Morgan fingerprint density at radius 1 is 1.50 bits per heavy atom. The lowest BCUT2D eigenvalue weighted by atomic mass is 9.84. The topological polar surface area (TPSA) is 46.2 Å². The van der Waals surface area contributed by atoms with Crippen LogP contribution in [0.15, 0.2) is 0 Å². The number of aliphatic hydroxyl groups excluding tert-OH is 1. The van der Waals surface area contributed by atoms with Crippen LogP contribution in [0.3, 0.4) is 0 Å². The Hall–Kier alpha value is 0.0700. The molecule has 5 heteroatoms. The molecule has 0 aromatic carbocycles. The van der Waals surface area contributed by atoms with Gasteiger partial charge in [-0.05, 0) is 19.4 Å². The maximum atomic E-state index is 12.7. The van der Waals surface area contributed by atoms with Crippen molar-refractivity contribution in [3.05, 3.63) is 0 Å². The summed E-state index contributed by atoms with van der Waals surface area (Å²) in [5.74, 6) is -3.33. The molecule has 12 heavy (non-hydrogen) atoms. The molecule has 1 fully saturated rings. The highest BCUT2D eigenvalue weighted by molar-refractivity contribution is 5.85. The molecule has 1 aliphatic carbocycles. The number of rotatable bonds is 1. The van der Waals surface area contributed by atoms with Gasteiger partial charge in [0, 0.05) is 12.3 Å². The second-order valence-corrected chi connectivity index (χ2v) is 3.09. The molecule has 1 aliphatic rings. The zero-order valence-electron chi connectivity index (χ0n) is 6.67. The van der Waals surface area contributed by atoms with Crippen LogP contribution >= 0.6 is 12.4 Å². The zero-order valence-corrected chi connectivity index (χ0v) is 7.49. The fraction of sp³-hybridized carbons (Fsp3) is 1.00. The van der Waals surface area contributed by atoms with Crippen molar-refractivity contribution in [2.45, 2.75) is 31.3 Å². The molecule has 0 amide bonds. The summed E-state index contributed by atoms with van der Waals surface area (Å²) in [7, 11) is 0. The molecule has 0 bridgehead atoms. The molecule has 2 atom stereocenters. The highest BCUT2D eigenvalue weighted by Gasteiger charge is 2.45. The van der Waals surface area contributed by atoms with E-state index < -0.39 is 17.9 Å². The molecule has 3 N–H and O–H groups in total. The predicted molar refractivity (Wildman–Crippen MR) is 44.6 cm³/mol. The molecule has 0 aromatic rings. The van der Waals surface area contributed by atoms with Crippen LogP contribution in [0.25, 0.3) is 0 Å². The van der Waals surface area contributed by atoms with E-state index in [2.05, 4.69) is 0 Å². The maximum absolute atomic E-state index is 12.7. The Balaban J connectivity index is 0.00000121. The van der Waals surface area contributed by atoms with Gasteiger partial charge in [-0.2, -0.15) is 0 Å². The molecule has 1 rings (SSSR count). The summed E-state index contributed by atoms with van der Waals surface area (Å²) in [6, 6.07) is 0. The zero-order chi connectivity index (χ0) is 8.48. The summed E-state index contributed by atoms with van der Waals surface area (Å²) in [4.78, 5) is 0. The lowest BCUT2D eigenvalue weighted by Crippen LogP contribution is -2.45. The Kier molecular flexibility index (Phi) is 4.37. The van der Waals surface area contributed by atoms with Gasteiger partial charge >= 0.3 is 0 Å². The minimum absolute atomic E-state index is 0. The van der Waals surface area contributed by atoms with Crippen molar-refractivity contribution >= 4 is 12.4 Å². The van der Waals surface area contributed by atoms with Crippen molar-refractivity contribution < 1.29 is 13.9 Å². The standard InChI is InChI=1S/C7H13F2NO.ClH/c8-7(9)3-1-2-5(4-10)6(7)11;/h5-6,11H,1-4,10H2;1H/t5-,6-;/m0./s1. The van der Waals surface area contributed by atoms with Crippen LogP contribution in [-0.2, 0) is 0 Å². The van der Waals surface area contributed by atoms with E-state index in [1.165, 1.54) is 0 Å². The van der Waals surface area contributed by atoms with E-state index in [1.807, 2.05) is 0 Å². The first kappa shape index (κ1) is 12.1. The largest absolute Gasteiger partial charge is 0.387 e. The number of hydrogen-bond acceptors (Lipinski definition) is 2. The fourth-order valence-corrected chi connectivity index (χ4v) is 1.50. The SMILES string of the molecule is Cl.NC[C@@H]1CCCC(F)(F)[C@H]1O. The van der Waals surface area contributed by atoms with Gasteiger partial charge in [0.05, 0.1) is 0 Å². The van der Waals surface area contributed by atoms with Gasteiger partial charge in [0.15, 0.2) is 0 Å². The van der Waals surface area contributed by atoms with Crippen LogP contribution < -0.4 is 5.73 Å². The van der Waals surface area contributed by atoms with Gasteiger partial charge in [0.2, 0.25) is 0 Å². The van der Waals surface area contributed by atoms with Crippen molar-refractivity contribution in [1.29, 1.82) is 0 Å². The van der Waals surface area contributed by atoms with Gasteiger partial charge in [0.1, 0.15) is 6.10 Å². The second kappa shape index (κ2) is 4.35. The molecule has 0 aliphatic heterocycles. The molecular weight excluding hydrogens is 188 g/mol. The number of hydrogen-bond donors (Lipinski definition) is 2. The van der Waals surface area contributed by atoms with Gasteiger partial charge in [0.25, 0.3) is 5.92 Å². The predicted octanol–water partition coefficient (Wildman–Crippen LogP) is 1.16. The van der Waals surface area contributed by atoms with Gasteiger partial charge in [-0.25, -0.2) is 8.78 Å². The van der Waals surface area contributed by atoms with Crippen LogP contribution in [0.4, 0.5) is 8.78 Å². The molecule has 0 aromatic heterocycles. The molecular formula is C7H14ClF2NO. The summed E-state index contributed by atoms with van der Waals surface area (Å²) in [5, 5.41) is 9.07. The van der Waals surface area contributed by atoms with Crippen molar-refractivity contribution in [2.24, 2.45) is 11.7 Å². The average Bonchev–Trinajstić information content (AvgIpc) is 1.95. The fourth-order valence-electron chi connectivity index (χ4n) is 1.50. The third kappa shape index (κ3) is 2.28. The third-order valence-corrected chi connectivity index (χ3v) is 2.27. The highest BCUT2D eigenvalue weighted by Crippen LogP contribution is 2.36. The van der Waals surface area contributed by atoms with E-state index in [9.17, 15) is 8.78 Å². The Labute approximate surface area is 76.5 Å². The van der Waals surface area contributed by atoms with Gasteiger partial charge in [-0.1, -0.05) is 0 Å². The number of alkyl halides is 2. The smallest absolute Gasteiger partial charge is 0.273 e. The van der Waals surface area contributed by atoms with Gasteiger partial charge < -0.3 is 10.8 Å². The van der Waals surface area contributed by atoms with E-state index >= 15 is 0 Å². The summed E-state index contributed by atoms with van der Waals surface area (Å²) in [6.45, 7) is 0.150. The van der Waals surface area contributed by atoms with Crippen molar-refractivity contribution in [3.8, 4) is 0 Å². The number of aliphatic hydroxyl groups is 1. The van der Waals surface area contributed by atoms with Gasteiger partial charge in [-0.15, -0.1) is 12.4 Å². The van der Waals surface area contributed by atoms with Crippen LogP contribution in [0.5, 0.6) is 0 Å². The van der Waals surface area contributed by atoms with Crippen LogP contribution in [-0.4, -0.2) is 23.7 Å². The van der Waals surface area contributed by atoms with E-state index in [1.54, 1.807) is 0 Å². The summed E-state index contributed by atoms with van der Waals surface area (Å²) in [5.41, 5.74) is 5.22. The van der Waals surface area contributed by atoms with Crippen molar-refractivity contribution in [3.63, 3.8) is 0 Å². The minimum Gasteiger partial charge on any atom is -0.387 e. The number of halogens is 3. The third-order valence-electron chi connectivity index (χ3n) is 2.27. The quantitative estimate of drug-likeness (QED) is 0.669. The minimum atomic E-state index is -2.91. The molecule has 0 radical (unpaired) electrons. The molecule has 2 nitrogen and oxygen atoms in total. The summed E-state index contributed by atoms with van der Waals surface area (Å²) >= 11 is 0. The van der Waals surface area contributed by atoms with Crippen LogP contribution in [0.1, 0.15) is 19.3 Å². The summed E-state index contributed by atoms with van der Waals surface area (Å²) < 4.78 is 25.5. The Morgan fingerprint density at radius 3 is 2.50 bits per heavy atom. The lowest BCUT2D eigenvalue weighted by Gasteiger charge is -2.33. The van der Waals surface area contributed by atoms with E-state index in [0.717, 1.165) is 0 Å². The maximum Gasteiger partial charge on any atom is 0.273 e. The molecule has 0 spiro atoms. The second-order valence-electron chi connectivity index (χ2n) is 3.09. The first-order chi connectivity index (χ1) is 5.08. The average molecular weight is 202 g/mol. The van der Waals surface area contributed by atoms with Crippen molar-refractivity contribution in [1.82, 2.24) is 0 Å². The van der Waals surface area contributed by atoms with E-state index in [0.29, 0.717) is 12.8 Å². The lowest BCUT2D eigenvalue weighted by molar-refractivity contribution is -0.153. The molecule has 0 unspecified atom stereocenters. The van der Waals surface area contributed by atoms with Gasteiger partial charge in [-0.3, -0.25) is 0 Å². The summed E-state index contributed by atoms with van der Waals surface area (Å²) in [6.07, 6.45) is -0.648. The van der Waals surface area contributed by atoms with E-state index in [4.69, 9.17) is 10.8 Å². The Bertz CT molecular complexity index is 145. The first-order valence-electron chi connectivity index (χ1n) is 3.84. The molecule has 0 heterocycles. The van der Waals surface area contributed by atoms with Crippen molar-refractivity contribution in [2.75, 3.05) is 6.54 Å². The molecule has 1 saturated carbocycles. The number of nitrogens with two attached hydrogens (primary N) is 1. The van der Waals surface area contributed by atoms with Crippen LogP contribution in [0, 0.1) is 5.92 Å². The molecule has 74 valence electrons. The Morgan fingerprint density at radius 2 is 2.08 bits per heavy atom. The van der Waals surface area contributed by atoms with E-state index in [-0.39, 0.29) is 25.4 Å². The van der Waals surface area contributed by atoms with Crippen LogP contribution in [0.2, 0.25) is 0 Å². The first-order valence-corrected chi connectivity index (χ1v) is 3.84.